The van der Waals surface area contributed by atoms with E-state index in [9.17, 15) is 9.90 Å². The van der Waals surface area contributed by atoms with Crippen molar-refractivity contribution < 1.29 is 14.6 Å². The molecule has 4 fully saturated rings. The maximum atomic E-state index is 12.7. The van der Waals surface area contributed by atoms with Crippen LogP contribution in [0.2, 0.25) is 0 Å². The highest BCUT2D eigenvalue weighted by Crippen LogP contribution is 2.65. The molecule has 174 valence electrons. The summed E-state index contributed by atoms with van der Waals surface area (Å²) in [5, 5.41) is 10.3. The van der Waals surface area contributed by atoms with Crippen LogP contribution in [0.3, 0.4) is 0 Å². The lowest BCUT2D eigenvalue weighted by atomic mass is 9.61. The summed E-state index contributed by atoms with van der Waals surface area (Å²) < 4.78 is 5.97. The predicted molar refractivity (Wildman–Crippen MR) is 126 cm³/mol. The number of carbonyl (C=O) groups excluding carboxylic acids is 1. The second kappa shape index (κ2) is 8.13. The van der Waals surface area contributed by atoms with Crippen molar-refractivity contribution >= 4 is 5.78 Å². The van der Waals surface area contributed by atoms with Crippen LogP contribution >= 0.6 is 0 Å². The molecule has 0 aromatic rings. The van der Waals surface area contributed by atoms with Crippen LogP contribution in [-0.4, -0.2) is 29.7 Å². The Morgan fingerprint density at radius 1 is 1.16 bits per heavy atom. The van der Waals surface area contributed by atoms with Crippen molar-refractivity contribution in [2.45, 2.75) is 97.7 Å². The summed E-state index contributed by atoms with van der Waals surface area (Å²) >= 11 is 0. The maximum absolute atomic E-state index is 12.7. The van der Waals surface area contributed by atoms with Gasteiger partial charge in [-0.1, -0.05) is 44.6 Å². The summed E-state index contributed by atoms with van der Waals surface area (Å²) in [6.07, 6.45) is 16.1. The van der Waals surface area contributed by atoms with Gasteiger partial charge in [-0.25, -0.2) is 0 Å². The fourth-order valence-electron chi connectivity index (χ4n) is 7.57. The van der Waals surface area contributed by atoms with E-state index >= 15 is 0 Å². The molecule has 1 N–H and O–H groups in total. The lowest BCUT2D eigenvalue weighted by molar-refractivity contribution is -0.126. The van der Waals surface area contributed by atoms with Crippen molar-refractivity contribution in [3.05, 3.63) is 23.8 Å². The van der Waals surface area contributed by atoms with Gasteiger partial charge in [0.2, 0.25) is 0 Å². The van der Waals surface area contributed by atoms with E-state index in [0.717, 1.165) is 19.3 Å². The number of carbonyl (C=O) groups is 1. The molecule has 0 heterocycles. The number of hydrogen-bond acceptors (Lipinski definition) is 3. The Balaban J connectivity index is 1.52. The highest BCUT2D eigenvalue weighted by atomic mass is 16.5. The molecule has 0 aliphatic heterocycles. The van der Waals surface area contributed by atoms with E-state index in [1.54, 1.807) is 12.7 Å². The van der Waals surface area contributed by atoms with Crippen LogP contribution in [0, 0.1) is 40.4 Å². The van der Waals surface area contributed by atoms with Crippen LogP contribution in [0.4, 0.5) is 0 Å². The summed E-state index contributed by atoms with van der Waals surface area (Å²) in [7, 11) is 1.80. The third-order valence-electron chi connectivity index (χ3n) is 10.0. The van der Waals surface area contributed by atoms with Crippen LogP contribution in [0.15, 0.2) is 23.8 Å². The Kier molecular flexibility index (Phi) is 6.10. The number of Topliss-reactive ketones (excluding diaryl/α,β-unsaturated/α-hetero) is 1. The van der Waals surface area contributed by atoms with Crippen molar-refractivity contribution in [2.75, 3.05) is 7.11 Å². The number of methoxy groups -OCH3 is 1. The van der Waals surface area contributed by atoms with Crippen molar-refractivity contribution in [1.29, 1.82) is 0 Å². The first-order valence-electron chi connectivity index (χ1n) is 12.7. The minimum absolute atomic E-state index is 0.0196. The third kappa shape index (κ3) is 3.88. The Hall–Kier alpha value is -0.930. The Morgan fingerprint density at radius 2 is 1.90 bits per heavy atom. The molecule has 8 atom stereocenters. The van der Waals surface area contributed by atoms with Crippen molar-refractivity contribution in [3.63, 3.8) is 0 Å². The number of ketones is 1. The molecule has 0 amide bonds. The van der Waals surface area contributed by atoms with Gasteiger partial charge < -0.3 is 9.84 Å². The van der Waals surface area contributed by atoms with Crippen molar-refractivity contribution in [1.82, 2.24) is 0 Å². The molecule has 0 bridgehead atoms. The number of ether oxygens (including phenoxy) is 1. The maximum Gasteiger partial charge on any atom is 0.142 e. The molecule has 0 aromatic heterocycles. The molecule has 0 saturated heterocycles. The fourth-order valence-corrected chi connectivity index (χ4v) is 7.57. The van der Waals surface area contributed by atoms with Gasteiger partial charge in [0.1, 0.15) is 5.78 Å². The second-order valence-electron chi connectivity index (χ2n) is 12.1. The number of rotatable bonds is 7. The number of aliphatic hydroxyl groups is 1. The van der Waals surface area contributed by atoms with Gasteiger partial charge in [0.25, 0.3) is 0 Å². The minimum atomic E-state index is -0.675. The third-order valence-corrected chi connectivity index (χ3v) is 10.0. The number of fused-ring (bicyclic) bond motifs is 2. The lowest BCUT2D eigenvalue weighted by Crippen LogP contribution is -2.37. The zero-order valence-electron chi connectivity index (χ0n) is 20.6. The highest BCUT2D eigenvalue weighted by molar-refractivity contribution is 5.91. The van der Waals surface area contributed by atoms with Crippen LogP contribution < -0.4 is 0 Å². The van der Waals surface area contributed by atoms with Gasteiger partial charge in [-0.3, -0.25) is 4.79 Å². The smallest absolute Gasteiger partial charge is 0.142 e. The highest BCUT2D eigenvalue weighted by Gasteiger charge is 2.67. The molecule has 4 aliphatic rings. The van der Waals surface area contributed by atoms with Gasteiger partial charge in [-0.15, -0.1) is 0 Å². The monoisotopic (exact) mass is 428 g/mol. The molecule has 3 heteroatoms. The van der Waals surface area contributed by atoms with Crippen LogP contribution in [-0.2, 0) is 9.53 Å². The molecule has 4 aliphatic carbocycles. The summed E-state index contributed by atoms with van der Waals surface area (Å²) in [6, 6.07) is 0. The van der Waals surface area contributed by atoms with Crippen molar-refractivity contribution in [2.24, 2.45) is 40.4 Å². The average Bonchev–Trinajstić information content (AvgIpc) is 3.21. The largest absolute Gasteiger partial charge is 0.390 e. The first kappa shape index (κ1) is 23.2. The Labute approximate surface area is 189 Å². The molecular weight excluding hydrogens is 384 g/mol. The van der Waals surface area contributed by atoms with E-state index in [1.807, 2.05) is 13.8 Å². The zero-order chi connectivity index (χ0) is 22.6. The van der Waals surface area contributed by atoms with E-state index in [-0.39, 0.29) is 17.4 Å². The Morgan fingerprint density at radius 3 is 2.48 bits per heavy atom. The van der Waals surface area contributed by atoms with Gasteiger partial charge in [-0.2, -0.15) is 0 Å². The summed E-state index contributed by atoms with van der Waals surface area (Å²) in [4.78, 5) is 12.7. The molecular formula is C28H44O3. The first-order valence-corrected chi connectivity index (χ1v) is 12.7. The predicted octanol–water partition coefficient (Wildman–Crippen LogP) is 6.11. The minimum Gasteiger partial charge on any atom is -0.390 e. The van der Waals surface area contributed by atoms with E-state index in [2.05, 4.69) is 39.0 Å². The van der Waals surface area contributed by atoms with Gasteiger partial charge >= 0.3 is 0 Å². The second-order valence-corrected chi connectivity index (χ2v) is 12.1. The molecule has 31 heavy (non-hydrogen) atoms. The quantitative estimate of drug-likeness (QED) is 0.497. The van der Waals surface area contributed by atoms with Crippen LogP contribution in [0.5, 0.6) is 0 Å². The molecule has 4 rings (SSSR count). The molecule has 0 unspecified atom stereocenters. The fraction of sp³-hybridized carbons (Fsp3) is 0.821. The van der Waals surface area contributed by atoms with Gasteiger partial charge in [0, 0.05) is 19.4 Å². The van der Waals surface area contributed by atoms with E-state index in [0.29, 0.717) is 34.9 Å². The number of hydrogen-bond donors (Lipinski definition) is 1. The normalized spacial score (nSPS) is 42.0. The van der Waals surface area contributed by atoms with Crippen LogP contribution in [0.25, 0.3) is 0 Å². The van der Waals surface area contributed by atoms with Gasteiger partial charge in [0.05, 0.1) is 17.1 Å². The molecule has 0 radical (unpaired) electrons. The summed E-state index contributed by atoms with van der Waals surface area (Å²) in [5.74, 6) is 2.97. The molecule has 0 aromatic carbocycles. The molecule has 4 saturated carbocycles. The topological polar surface area (TPSA) is 46.5 Å². The average molecular weight is 429 g/mol. The lowest BCUT2D eigenvalue weighted by Gasteiger charge is -2.44. The standard InChI is InChI=1S/C28H44O3/c1-18(9-10-19(2)26(3,4)30)22-12-13-23-20(8-7-15-27(22,23)5)16-25(31-6)28-17-21(28)11-14-24(28)29/h9-10,16,18-19,21-23,25,30H,7-8,11-15,17H2,1-6H3/b10-9+,20-16+/t18-,19+,21-,22-,23+,25-,27-,28-/m1/s1. The number of allylic oxidation sites excluding steroid dienone is 2. The molecule has 0 spiro atoms. The SMILES string of the molecule is CO[C@H](/C=C1\CCC[C@]2(C)[C@@H]([C@H](C)/C=C/[C@H](C)C(C)(C)O)CC[C@@H]12)[C@]12C[C@H]1CCC2=O. The summed E-state index contributed by atoms with van der Waals surface area (Å²) in [5.41, 5.74) is 1.04. The van der Waals surface area contributed by atoms with Gasteiger partial charge in [0.15, 0.2) is 0 Å². The van der Waals surface area contributed by atoms with Crippen LogP contribution in [0.1, 0.15) is 86.0 Å². The molecule has 3 nitrogen and oxygen atoms in total. The van der Waals surface area contributed by atoms with E-state index in [4.69, 9.17) is 4.74 Å². The Bertz CT molecular complexity index is 759. The van der Waals surface area contributed by atoms with E-state index < -0.39 is 5.60 Å². The first-order chi connectivity index (χ1) is 14.5. The van der Waals surface area contributed by atoms with E-state index in [1.165, 1.54) is 32.1 Å². The zero-order valence-corrected chi connectivity index (χ0v) is 20.6. The summed E-state index contributed by atoms with van der Waals surface area (Å²) in [6.45, 7) is 10.8. The van der Waals surface area contributed by atoms with Crippen molar-refractivity contribution in [3.8, 4) is 0 Å². The van der Waals surface area contributed by atoms with Gasteiger partial charge in [-0.05, 0) is 87.9 Å².